The van der Waals surface area contributed by atoms with Crippen LogP contribution < -0.4 is 5.32 Å². The molecule has 2 fully saturated rings. The Morgan fingerprint density at radius 3 is 3.19 bits per heavy atom. The lowest BCUT2D eigenvalue weighted by Crippen LogP contribution is -2.40. The van der Waals surface area contributed by atoms with E-state index in [1.54, 1.807) is 0 Å². The summed E-state index contributed by atoms with van der Waals surface area (Å²) >= 11 is 1.89. The van der Waals surface area contributed by atoms with Gasteiger partial charge in [-0.15, -0.1) is 11.3 Å². The molecular weight excluding hydrogens is 216 g/mol. The van der Waals surface area contributed by atoms with Crippen molar-refractivity contribution in [2.24, 2.45) is 5.92 Å². The molecule has 3 heterocycles. The summed E-state index contributed by atoms with van der Waals surface area (Å²) in [4.78, 5) is 4.16. The SMILES string of the molecule is CC(c1cccs1)N1CC2CCCNC2C1. The fourth-order valence-corrected chi connectivity index (χ4v) is 3.92. The Kier molecular flexibility index (Phi) is 3.01. The molecular formula is C13H20N2S. The van der Waals surface area contributed by atoms with E-state index in [1.165, 1.54) is 37.4 Å². The van der Waals surface area contributed by atoms with E-state index in [-0.39, 0.29) is 0 Å². The molecule has 3 rings (SSSR count). The molecule has 2 nitrogen and oxygen atoms in total. The Morgan fingerprint density at radius 1 is 1.50 bits per heavy atom. The van der Waals surface area contributed by atoms with Crippen LogP contribution in [-0.4, -0.2) is 30.6 Å². The number of hydrogen-bond donors (Lipinski definition) is 1. The molecule has 1 aromatic heterocycles. The molecule has 0 aromatic carbocycles. The first-order valence-corrected chi connectivity index (χ1v) is 7.23. The van der Waals surface area contributed by atoms with Gasteiger partial charge in [0.2, 0.25) is 0 Å². The zero-order valence-corrected chi connectivity index (χ0v) is 10.7. The summed E-state index contributed by atoms with van der Waals surface area (Å²) in [6.45, 7) is 6.10. The lowest BCUT2D eigenvalue weighted by Gasteiger charge is -2.25. The molecule has 0 radical (unpaired) electrons. The normalized spacial score (nSPS) is 32.6. The van der Waals surface area contributed by atoms with E-state index in [9.17, 15) is 0 Å². The summed E-state index contributed by atoms with van der Waals surface area (Å²) in [5.41, 5.74) is 0. The number of nitrogens with one attached hydrogen (secondary N) is 1. The molecule has 0 aliphatic carbocycles. The van der Waals surface area contributed by atoms with Gasteiger partial charge in [0.05, 0.1) is 0 Å². The van der Waals surface area contributed by atoms with Crippen molar-refractivity contribution in [2.75, 3.05) is 19.6 Å². The number of likely N-dealkylation sites (tertiary alicyclic amines) is 1. The first-order valence-electron chi connectivity index (χ1n) is 6.35. The van der Waals surface area contributed by atoms with Gasteiger partial charge in [-0.05, 0) is 43.7 Å². The number of nitrogens with zero attached hydrogens (tertiary/aromatic N) is 1. The number of hydrogen-bond acceptors (Lipinski definition) is 3. The van der Waals surface area contributed by atoms with Crippen molar-refractivity contribution in [1.29, 1.82) is 0 Å². The Labute approximate surface area is 102 Å². The number of thiophene rings is 1. The van der Waals surface area contributed by atoms with Crippen LogP contribution in [-0.2, 0) is 0 Å². The van der Waals surface area contributed by atoms with Gasteiger partial charge in [0.15, 0.2) is 0 Å². The van der Waals surface area contributed by atoms with Crippen molar-refractivity contribution < 1.29 is 0 Å². The van der Waals surface area contributed by atoms with Crippen LogP contribution in [0.1, 0.15) is 30.7 Å². The maximum absolute atomic E-state index is 3.67. The Balaban J connectivity index is 1.68. The van der Waals surface area contributed by atoms with E-state index in [1.807, 2.05) is 11.3 Å². The third-order valence-corrected chi connectivity index (χ3v) is 5.17. The third-order valence-electron chi connectivity index (χ3n) is 4.13. The highest BCUT2D eigenvalue weighted by molar-refractivity contribution is 7.10. The van der Waals surface area contributed by atoms with Crippen LogP contribution in [0.5, 0.6) is 0 Å². The monoisotopic (exact) mass is 236 g/mol. The van der Waals surface area contributed by atoms with Gasteiger partial charge in [-0.3, -0.25) is 4.90 Å². The van der Waals surface area contributed by atoms with Crippen LogP contribution >= 0.6 is 11.3 Å². The Bertz CT molecular complexity index is 322. The van der Waals surface area contributed by atoms with Gasteiger partial charge < -0.3 is 5.32 Å². The Hall–Kier alpha value is -0.380. The summed E-state index contributed by atoms with van der Waals surface area (Å²) in [6.07, 6.45) is 2.79. The molecule has 2 saturated heterocycles. The Morgan fingerprint density at radius 2 is 2.44 bits per heavy atom. The average Bonchev–Trinajstić information content (AvgIpc) is 2.97. The van der Waals surface area contributed by atoms with E-state index in [2.05, 4.69) is 34.7 Å². The summed E-state index contributed by atoms with van der Waals surface area (Å²) < 4.78 is 0. The molecule has 88 valence electrons. The van der Waals surface area contributed by atoms with Crippen molar-refractivity contribution in [3.63, 3.8) is 0 Å². The summed E-state index contributed by atoms with van der Waals surface area (Å²) in [5, 5.41) is 5.86. The summed E-state index contributed by atoms with van der Waals surface area (Å²) in [5.74, 6) is 0.899. The van der Waals surface area contributed by atoms with E-state index in [0.29, 0.717) is 6.04 Å². The topological polar surface area (TPSA) is 15.3 Å². The predicted octanol–water partition coefficient (Wildman–Crippen LogP) is 2.49. The van der Waals surface area contributed by atoms with Crippen molar-refractivity contribution in [1.82, 2.24) is 10.2 Å². The lowest BCUT2D eigenvalue weighted by atomic mass is 9.94. The van der Waals surface area contributed by atoms with Crippen LogP contribution in [0.4, 0.5) is 0 Å². The molecule has 0 saturated carbocycles. The molecule has 3 atom stereocenters. The van der Waals surface area contributed by atoms with Gasteiger partial charge in [-0.25, -0.2) is 0 Å². The molecule has 2 aliphatic heterocycles. The molecule has 1 N–H and O–H groups in total. The third kappa shape index (κ3) is 1.92. The highest BCUT2D eigenvalue weighted by Crippen LogP contribution is 2.32. The van der Waals surface area contributed by atoms with Crippen molar-refractivity contribution >= 4 is 11.3 Å². The molecule has 0 bridgehead atoms. The van der Waals surface area contributed by atoms with Gasteiger partial charge in [-0.2, -0.15) is 0 Å². The average molecular weight is 236 g/mol. The quantitative estimate of drug-likeness (QED) is 0.848. The molecule has 1 aromatic rings. The molecule has 3 unspecified atom stereocenters. The fraction of sp³-hybridized carbons (Fsp3) is 0.692. The summed E-state index contributed by atoms with van der Waals surface area (Å²) in [6, 6.07) is 5.80. The van der Waals surface area contributed by atoms with Gasteiger partial charge in [0.1, 0.15) is 0 Å². The zero-order chi connectivity index (χ0) is 11.0. The second-order valence-corrected chi connectivity index (χ2v) is 6.09. The predicted molar refractivity (Wildman–Crippen MR) is 68.8 cm³/mol. The highest BCUT2D eigenvalue weighted by atomic mass is 32.1. The second-order valence-electron chi connectivity index (χ2n) is 5.11. The number of fused-ring (bicyclic) bond motifs is 1. The minimum absolute atomic E-state index is 0.604. The first kappa shape index (κ1) is 10.8. The largest absolute Gasteiger partial charge is 0.312 e. The van der Waals surface area contributed by atoms with Crippen molar-refractivity contribution in [3.05, 3.63) is 22.4 Å². The van der Waals surface area contributed by atoms with Crippen LogP contribution in [0, 0.1) is 5.92 Å². The lowest BCUT2D eigenvalue weighted by molar-refractivity contribution is 0.254. The van der Waals surface area contributed by atoms with E-state index < -0.39 is 0 Å². The standard InChI is InChI=1S/C13H20N2S/c1-10(13-5-3-7-16-13)15-8-11-4-2-6-14-12(11)9-15/h3,5,7,10-12,14H,2,4,6,8-9H2,1H3. The molecule has 2 aliphatic rings. The van der Waals surface area contributed by atoms with E-state index in [0.717, 1.165) is 12.0 Å². The van der Waals surface area contributed by atoms with E-state index in [4.69, 9.17) is 0 Å². The maximum atomic E-state index is 3.67. The summed E-state index contributed by atoms with van der Waals surface area (Å²) in [7, 11) is 0. The van der Waals surface area contributed by atoms with E-state index >= 15 is 0 Å². The zero-order valence-electron chi connectivity index (χ0n) is 9.86. The van der Waals surface area contributed by atoms with Crippen LogP contribution in [0.15, 0.2) is 17.5 Å². The number of piperidine rings is 1. The van der Waals surface area contributed by atoms with Crippen LogP contribution in [0.2, 0.25) is 0 Å². The van der Waals surface area contributed by atoms with Crippen LogP contribution in [0.3, 0.4) is 0 Å². The molecule has 3 heteroatoms. The first-order chi connectivity index (χ1) is 7.84. The van der Waals surface area contributed by atoms with Gasteiger partial charge >= 0.3 is 0 Å². The van der Waals surface area contributed by atoms with Gasteiger partial charge in [-0.1, -0.05) is 6.07 Å². The maximum Gasteiger partial charge on any atom is 0.0414 e. The smallest absolute Gasteiger partial charge is 0.0414 e. The number of rotatable bonds is 2. The van der Waals surface area contributed by atoms with Gasteiger partial charge in [0, 0.05) is 30.1 Å². The van der Waals surface area contributed by atoms with Crippen molar-refractivity contribution in [3.8, 4) is 0 Å². The molecule has 0 amide bonds. The molecule has 16 heavy (non-hydrogen) atoms. The minimum atomic E-state index is 0.604. The highest BCUT2D eigenvalue weighted by Gasteiger charge is 2.36. The van der Waals surface area contributed by atoms with Crippen LogP contribution in [0.25, 0.3) is 0 Å². The minimum Gasteiger partial charge on any atom is -0.312 e. The van der Waals surface area contributed by atoms with Gasteiger partial charge in [0.25, 0.3) is 0 Å². The fourth-order valence-electron chi connectivity index (χ4n) is 3.11. The molecule has 0 spiro atoms. The van der Waals surface area contributed by atoms with Crippen molar-refractivity contribution in [2.45, 2.75) is 31.8 Å². The second kappa shape index (κ2) is 4.47.